The summed E-state index contributed by atoms with van der Waals surface area (Å²) in [4.78, 5) is 6.28. The maximum absolute atomic E-state index is 14.9. The van der Waals surface area contributed by atoms with Crippen molar-refractivity contribution < 1.29 is 18.3 Å². The molecule has 1 aliphatic rings. The quantitative estimate of drug-likeness (QED) is 0.433. The van der Waals surface area contributed by atoms with Gasteiger partial charge < -0.3 is 14.4 Å². The lowest BCUT2D eigenvalue weighted by Gasteiger charge is -2.42. The minimum absolute atomic E-state index is 0.212. The lowest BCUT2D eigenvalue weighted by atomic mass is 9.89. The van der Waals surface area contributed by atoms with Crippen LogP contribution >= 0.6 is 15.9 Å². The van der Waals surface area contributed by atoms with Crippen LogP contribution in [0.15, 0.2) is 39.8 Å². The monoisotopic (exact) mass is 452 g/mol. The second kappa shape index (κ2) is 8.68. The first-order chi connectivity index (χ1) is 13.3. The van der Waals surface area contributed by atoms with Crippen molar-refractivity contribution in [1.82, 2.24) is 4.90 Å². The van der Waals surface area contributed by atoms with Crippen LogP contribution in [-0.4, -0.2) is 38.0 Å². The SMILES string of the molecule is CCN(C)C=Nc1cc(F)c(C2(OCc3ccc(F)cc3Br)COC2)cc1C. The van der Waals surface area contributed by atoms with Crippen LogP contribution in [0.1, 0.15) is 23.6 Å². The molecule has 2 aromatic rings. The van der Waals surface area contributed by atoms with Crippen LogP contribution in [0.5, 0.6) is 0 Å². The van der Waals surface area contributed by atoms with Gasteiger partial charge in [0.2, 0.25) is 0 Å². The lowest BCUT2D eigenvalue weighted by Crippen LogP contribution is -2.49. The first-order valence-corrected chi connectivity index (χ1v) is 9.84. The molecule has 0 radical (unpaired) electrons. The molecule has 4 nitrogen and oxygen atoms in total. The van der Waals surface area contributed by atoms with E-state index in [0.717, 1.165) is 17.7 Å². The van der Waals surface area contributed by atoms with Crippen LogP contribution in [0, 0.1) is 18.6 Å². The summed E-state index contributed by atoms with van der Waals surface area (Å²) in [6.45, 7) is 5.47. The van der Waals surface area contributed by atoms with Gasteiger partial charge in [-0.2, -0.15) is 0 Å². The zero-order chi connectivity index (χ0) is 20.3. The Balaban J connectivity index is 1.83. The molecule has 0 saturated carbocycles. The summed E-state index contributed by atoms with van der Waals surface area (Å²) < 4.78 is 40.3. The van der Waals surface area contributed by atoms with Crippen LogP contribution in [-0.2, 0) is 21.7 Å². The molecule has 150 valence electrons. The number of aliphatic imine (C=N–C) groups is 1. The van der Waals surface area contributed by atoms with Crippen molar-refractivity contribution in [2.24, 2.45) is 4.99 Å². The Kier molecular flexibility index (Phi) is 6.47. The number of hydrogen-bond donors (Lipinski definition) is 0. The predicted octanol–water partition coefficient (Wildman–Crippen LogP) is 5.09. The minimum atomic E-state index is -0.856. The maximum atomic E-state index is 14.9. The second-order valence-electron chi connectivity index (χ2n) is 6.95. The summed E-state index contributed by atoms with van der Waals surface area (Å²) in [6, 6.07) is 7.61. The Morgan fingerprint density at radius 2 is 2.04 bits per heavy atom. The van der Waals surface area contributed by atoms with Crippen LogP contribution in [0.25, 0.3) is 0 Å². The van der Waals surface area contributed by atoms with Gasteiger partial charge in [0.05, 0.1) is 31.8 Å². The molecule has 2 aromatic carbocycles. The first kappa shape index (κ1) is 20.9. The third-order valence-electron chi connectivity index (χ3n) is 4.86. The third-order valence-corrected chi connectivity index (χ3v) is 5.60. The van der Waals surface area contributed by atoms with Gasteiger partial charge in [-0.05, 0) is 43.2 Å². The van der Waals surface area contributed by atoms with Crippen molar-refractivity contribution in [2.45, 2.75) is 26.1 Å². The van der Waals surface area contributed by atoms with Crippen LogP contribution < -0.4 is 0 Å². The number of benzene rings is 2. The number of ether oxygens (including phenoxy) is 2. The summed E-state index contributed by atoms with van der Waals surface area (Å²) in [7, 11) is 1.91. The molecule has 1 saturated heterocycles. The van der Waals surface area contributed by atoms with Gasteiger partial charge in [0.15, 0.2) is 0 Å². The standard InChI is InChI=1S/C21H23BrF2N2O2/c1-4-26(3)13-25-20-9-19(24)17(7-14(20)2)21(11-27-12-21)28-10-15-5-6-16(23)8-18(15)22/h5-9,13H,4,10-12H2,1-3H3. The summed E-state index contributed by atoms with van der Waals surface area (Å²) >= 11 is 3.34. The van der Waals surface area contributed by atoms with Gasteiger partial charge in [-0.25, -0.2) is 13.8 Å². The molecule has 0 N–H and O–H groups in total. The van der Waals surface area contributed by atoms with E-state index in [-0.39, 0.29) is 31.5 Å². The van der Waals surface area contributed by atoms with Crippen LogP contribution in [0.3, 0.4) is 0 Å². The van der Waals surface area contributed by atoms with E-state index in [1.54, 1.807) is 18.5 Å². The number of nitrogens with zero attached hydrogens (tertiary/aromatic N) is 2. The molecule has 0 spiro atoms. The highest BCUT2D eigenvalue weighted by molar-refractivity contribution is 9.10. The van der Waals surface area contributed by atoms with E-state index >= 15 is 0 Å². The van der Waals surface area contributed by atoms with E-state index in [1.807, 2.05) is 25.8 Å². The van der Waals surface area contributed by atoms with Crippen LogP contribution in [0.2, 0.25) is 0 Å². The Labute approximate surface area is 172 Å². The largest absolute Gasteiger partial charge is 0.375 e. The Morgan fingerprint density at radius 1 is 1.29 bits per heavy atom. The van der Waals surface area contributed by atoms with Gasteiger partial charge in [0.1, 0.15) is 17.2 Å². The normalized spacial score (nSPS) is 15.6. The molecule has 1 heterocycles. The van der Waals surface area contributed by atoms with E-state index in [2.05, 4.69) is 20.9 Å². The summed E-state index contributed by atoms with van der Waals surface area (Å²) in [5, 5.41) is 0. The predicted molar refractivity (Wildman–Crippen MR) is 109 cm³/mol. The molecule has 0 bridgehead atoms. The zero-order valence-corrected chi connectivity index (χ0v) is 17.7. The summed E-state index contributed by atoms with van der Waals surface area (Å²) in [5.74, 6) is -0.706. The molecule has 0 amide bonds. The molecular formula is C21H23BrF2N2O2. The fourth-order valence-electron chi connectivity index (χ4n) is 2.86. The van der Waals surface area contributed by atoms with Gasteiger partial charge in [0.25, 0.3) is 0 Å². The van der Waals surface area contributed by atoms with Crippen molar-refractivity contribution in [3.63, 3.8) is 0 Å². The fourth-order valence-corrected chi connectivity index (χ4v) is 3.33. The Bertz CT molecular complexity index is 885. The van der Waals surface area contributed by atoms with Crippen molar-refractivity contribution >= 4 is 28.0 Å². The van der Waals surface area contributed by atoms with Gasteiger partial charge in [-0.3, -0.25) is 0 Å². The van der Waals surface area contributed by atoms with Crippen molar-refractivity contribution in [3.8, 4) is 0 Å². The van der Waals surface area contributed by atoms with Gasteiger partial charge in [0, 0.05) is 29.7 Å². The zero-order valence-electron chi connectivity index (χ0n) is 16.1. The fraction of sp³-hybridized carbons (Fsp3) is 0.381. The highest BCUT2D eigenvalue weighted by atomic mass is 79.9. The number of aryl methyl sites for hydroxylation is 1. The molecule has 0 atom stereocenters. The van der Waals surface area contributed by atoms with Crippen molar-refractivity contribution in [3.05, 3.63) is 63.1 Å². The van der Waals surface area contributed by atoms with E-state index in [4.69, 9.17) is 9.47 Å². The van der Waals surface area contributed by atoms with E-state index in [0.29, 0.717) is 15.7 Å². The highest BCUT2D eigenvalue weighted by Gasteiger charge is 2.44. The molecular weight excluding hydrogens is 430 g/mol. The second-order valence-corrected chi connectivity index (χ2v) is 7.80. The molecule has 7 heteroatoms. The van der Waals surface area contributed by atoms with E-state index in [1.165, 1.54) is 18.2 Å². The summed E-state index contributed by atoms with van der Waals surface area (Å²) in [6.07, 6.45) is 1.69. The van der Waals surface area contributed by atoms with Crippen LogP contribution in [0.4, 0.5) is 14.5 Å². The lowest BCUT2D eigenvalue weighted by molar-refractivity contribution is -0.224. The molecule has 3 rings (SSSR count). The third kappa shape index (κ3) is 4.42. The molecule has 1 aliphatic heterocycles. The average Bonchev–Trinajstić information content (AvgIpc) is 2.63. The molecule has 0 aliphatic carbocycles. The minimum Gasteiger partial charge on any atom is -0.375 e. The van der Waals surface area contributed by atoms with Gasteiger partial charge in [-0.1, -0.05) is 22.0 Å². The number of halogens is 3. The van der Waals surface area contributed by atoms with Gasteiger partial charge in [-0.15, -0.1) is 0 Å². The number of hydrogen-bond acceptors (Lipinski definition) is 3. The number of rotatable bonds is 7. The van der Waals surface area contributed by atoms with Crippen molar-refractivity contribution in [1.29, 1.82) is 0 Å². The highest BCUT2D eigenvalue weighted by Crippen LogP contribution is 2.39. The van der Waals surface area contributed by atoms with E-state index < -0.39 is 5.60 Å². The topological polar surface area (TPSA) is 34.1 Å². The smallest absolute Gasteiger partial charge is 0.143 e. The maximum Gasteiger partial charge on any atom is 0.143 e. The molecule has 28 heavy (non-hydrogen) atoms. The van der Waals surface area contributed by atoms with Crippen molar-refractivity contribution in [2.75, 3.05) is 26.8 Å². The molecule has 0 aromatic heterocycles. The summed E-state index contributed by atoms with van der Waals surface area (Å²) in [5.41, 5.74) is 1.82. The average molecular weight is 453 g/mol. The Hall–Kier alpha value is -1.83. The first-order valence-electron chi connectivity index (χ1n) is 9.05. The molecule has 0 unspecified atom stereocenters. The Morgan fingerprint density at radius 3 is 2.64 bits per heavy atom. The van der Waals surface area contributed by atoms with Gasteiger partial charge >= 0.3 is 0 Å². The van der Waals surface area contributed by atoms with E-state index in [9.17, 15) is 8.78 Å². The molecule has 1 fully saturated rings.